The highest BCUT2D eigenvalue weighted by atomic mass is 32.2. The van der Waals surface area contributed by atoms with Crippen molar-refractivity contribution in [1.82, 2.24) is 4.90 Å². The molecular formula is C21H41NO3SSi. The van der Waals surface area contributed by atoms with E-state index in [4.69, 9.17) is 13.9 Å². The number of thioether (sulfide) groups is 1. The van der Waals surface area contributed by atoms with Crippen LogP contribution < -0.4 is 0 Å². The number of rotatable bonds is 9. The Hall–Kier alpha value is -0.0131. The maximum absolute atomic E-state index is 6.74. The van der Waals surface area contributed by atoms with E-state index in [9.17, 15) is 0 Å². The van der Waals surface area contributed by atoms with Crippen LogP contribution in [0.15, 0.2) is 11.6 Å². The standard InChI is InChI=1S/C21H41NO3SSi/c1-10-15(4)18-21(24-20(23-18)17(6)12-3)22(13-14-26-21)19(16(5)11-2)25-27(7,8)9/h13-20H,10-12H2,1-9H3. The maximum Gasteiger partial charge on any atom is 0.225 e. The van der Waals surface area contributed by atoms with Crippen molar-refractivity contribution >= 4 is 20.1 Å². The summed E-state index contributed by atoms with van der Waals surface area (Å²) in [5.74, 6) is 1.21. The quantitative estimate of drug-likeness (QED) is 0.417. The molecule has 6 heteroatoms. The van der Waals surface area contributed by atoms with Crippen molar-refractivity contribution < 1.29 is 13.9 Å². The third-order valence-corrected chi connectivity index (χ3v) is 7.98. The lowest BCUT2D eigenvalue weighted by atomic mass is 9.98. The Bertz CT molecular complexity index is 512. The molecule has 0 aromatic carbocycles. The molecule has 1 saturated heterocycles. The molecule has 0 saturated carbocycles. The van der Waals surface area contributed by atoms with Crippen LogP contribution >= 0.6 is 11.8 Å². The molecule has 2 heterocycles. The van der Waals surface area contributed by atoms with Crippen LogP contribution in [-0.2, 0) is 13.9 Å². The molecule has 2 aliphatic heterocycles. The van der Waals surface area contributed by atoms with Gasteiger partial charge in [-0.1, -0.05) is 59.7 Å². The van der Waals surface area contributed by atoms with Crippen molar-refractivity contribution in [2.75, 3.05) is 0 Å². The fourth-order valence-electron chi connectivity index (χ4n) is 3.58. The Labute approximate surface area is 172 Å². The fraction of sp³-hybridized carbons (Fsp3) is 0.905. The second-order valence-corrected chi connectivity index (χ2v) is 14.8. The van der Waals surface area contributed by atoms with Crippen LogP contribution in [0.4, 0.5) is 0 Å². The molecule has 0 radical (unpaired) electrons. The zero-order valence-electron chi connectivity index (χ0n) is 18.8. The van der Waals surface area contributed by atoms with Gasteiger partial charge in [0.05, 0.1) is 0 Å². The summed E-state index contributed by atoms with van der Waals surface area (Å²) >= 11 is 1.76. The third kappa shape index (κ3) is 4.95. The van der Waals surface area contributed by atoms with Gasteiger partial charge in [0.25, 0.3) is 0 Å². The number of hydrogen-bond acceptors (Lipinski definition) is 5. The summed E-state index contributed by atoms with van der Waals surface area (Å²) in [4.78, 5) is 2.35. The lowest BCUT2D eigenvalue weighted by Gasteiger charge is -2.46. The fourth-order valence-corrected chi connectivity index (χ4v) is 5.89. The highest BCUT2D eigenvalue weighted by Crippen LogP contribution is 2.52. The average Bonchev–Trinajstić information content (AvgIpc) is 3.21. The molecule has 0 amide bonds. The van der Waals surface area contributed by atoms with Crippen molar-refractivity contribution in [3.8, 4) is 0 Å². The van der Waals surface area contributed by atoms with Gasteiger partial charge in [0.1, 0.15) is 12.3 Å². The van der Waals surface area contributed by atoms with Gasteiger partial charge in [-0.3, -0.25) is 0 Å². The SMILES string of the molecule is CCC(C)C1OC(C(C)CC)C2(O1)SC=CN2C(O[Si](C)(C)C)C(C)CC. The van der Waals surface area contributed by atoms with Crippen molar-refractivity contribution in [2.24, 2.45) is 17.8 Å². The maximum atomic E-state index is 6.74. The molecule has 7 atom stereocenters. The lowest BCUT2D eigenvalue weighted by molar-refractivity contribution is -0.153. The molecule has 0 bridgehead atoms. The summed E-state index contributed by atoms with van der Waals surface area (Å²) in [6, 6.07) is 0. The summed E-state index contributed by atoms with van der Waals surface area (Å²) in [6.07, 6.45) is 5.25. The van der Waals surface area contributed by atoms with Gasteiger partial charge in [0, 0.05) is 12.1 Å². The van der Waals surface area contributed by atoms with Gasteiger partial charge < -0.3 is 18.8 Å². The first-order valence-electron chi connectivity index (χ1n) is 10.7. The summed E-state index contributed by atoms with van der Waals surface area (Å²) in [7, 11) is -1.72. The molecule has 4 nitrogen and oxygen atoms in total. The summed E-state index contributed by atoms with van der Waals surface area (Å²) in [5, 5.41) is 1.65. The third-order valence-electron chi connectivity index (χ3n) is 5.89. The van der Waals surface area contributed by atoms with Crippen LogP contribution in [0.25, 0.3) is 0 Å². The average molecular weight is 416 g/mol. The van der Waals surface area contributed by atoms with E-state index in [-0.39, 0.29) is 18.6 Å². The Balaban J connectivity index is 2.40. The van der Waals surface area contributed by atoms with Crippen molar-refractivity contribution in [2.45, 2.75) is 104 Å². The van der Waals surface area contributed by atoms with Crippen LogP contribution in [0.3, 0.4) is 0 Å². The van der Waals surface area contributed by atoms with Crippen LogP contribution in [0, 0.1) is 17.8 Å². The summed E-state index contributed by atoms with van der Waals surface area (Å²) < 4.78 is 20.0. The van der Waals surface area contributed by atoms with E-state index in [2.05, 4.69) is 77.7 Å². The summed E-state index contributed by atoms with van der Waals surface area (Å²) in [5.41, 5.74) is 0. The first kappa shape index (κ1) is 23.3. The van der Waals surface area contributed by atoms with Gasteiger partial charge in [-0.15, -0.1) is 0 Å². The van der Waals surface area contributed by atoms with Crippen LogP contribution in [0.1, 0.15) is 60.8 Å². The van der Waals surface area contributed by atoms with E-state index in [0.717, 1.165) is 19.3 Å². The zero-order valence-corrected chi connectivity index (χ0v) is 20.6. The number of ether oxygens (including phenoxy) is 2. The molecule has 2 rings (SSSR count). The van der Waals surface area contributed by atoms with Crippen molar-refractivity contribution in [1.29, 1.82) is 0 Å². The van der Waals surface area contributed by atoms with Gasteiger partial charge >= 0.3 is 0 Å². The highest BCUT2D eigenvalue weighted by molar-refractivity contribution is 8.03. The molecule has 1 spiro atoms. The predicted octanol–water partition coefficient (Wildman–Crippen LogP) is 6.22. The topological polar surface area (TPSA) is 30.9 Å². The Morgan fingerprint density at radius 1 is 1.07 bits per heavy atom. The first-order chi connectivity index (χ1) is 12.6. The molecule has 7 unspecified atom stereocenters. The first-order valence-corrected chi connectivity index (χ1v) is 15.0. The zero-order chi connectivity index (χ0) is 20.4. The van der Waals surface area contributed by atoms with Gasteiger partial charge in [-0.05, 0) is 49.7 Å². The normalized spacial score (nSPS) is 32.9. The van der Waals surface area contributed by atoms with E-state index in [1.165, 1.54) is 0 Å². The molecule has 0 aromatic rings. The molecule has 0 aromatic heterocycles. The number of nitrogens with zero attached hydrogens (tertiary/aromatic N) is 1. The Morgan fingerprint density at radius 2 is 1.70 bits per heavy atom. The molecule has 158 valence electrons. The highest BCUT2D eigenvalue weighted by Gasteiger charge is 2.59. The van der Waals surface area contributed by atoms with Gasteiger partial charge in [0.15, 0.2) is 14.6 Å². The molecule has 2 aliphatic rings. The minimum absolute atomic E-state index is 0.0127. The van der Waals surface area contributed by atoms with E-state index >= 15 is 0 Å². The van der Waals surface area contributed by atoms with Gasteiger partial charge in [-0.2, -0.15) is 0 Å². The van der Waals surface area contributed by atoms with Gasteiger partial charge in [0.2, 0.25) is 5.06 Å². The van der Waals surface area contributed by atoms with Crippen molar-refractivity contribution in [3.05, 3.63) is 11.6 Å². The molecule has 0 N–H and O–H groups in total. The van der Waals surface area contributed by atoms with E-state index in [1.54, 1.807) is 11.8 Å². The monoisotopic (exact) mass is 415 g/mol. The lowest BCUT2D eigenvalue weighted by Crippen LogP contribution is -2.58. The van der Waals surface area contributed by atoms with E-state index in [1.807, 2.05) is 0 Å². The molecule has 27 heavy (non-hydrogen) atoms. The molecular weight excluding hydrogens is 374 g/mol. The predicted molar refractivity (Wildman–Crippen MR) is 118 cm³/mol. The van der Waals surface area contributed by atoms with Crippen LogP contribution in [0.2, 0.25) is 19.6 Å². The summed E-state index contributed by atoms with van der Waals surface area (Å²) in [6.45, 7) is 20.3. The Morgan fingerprint density at radius 3 is 2.22 bits per heavy atom. The smallest absolute Gasteiger partial charge is 0.225 e. The molecule has 1 fully saturated rings. The van der Waals surface area contributed by atoms with E-state index < -0.39 is 13.4 Å². The van der Waals surface area contributed by atoms with Crippen LogP contribution in [-0.4, -0.2) is 36.9 Å². The minimum atomic E-state index is -1.72. The second kappa shape index (κ2) is 9.20. The number of hydrogen-bond donors (Lipinski definition) is 0. The van der Waals surface area contributed by atoms with Crippen molar-refractivity contribution in [3.63, 3.8) is 0 Å². The minimum Gasteiger partial charge on any atom is -0.398 e. The van der Waals surface area contributed by atoms with Gasteiger partial charge in [-0.25, -0.2) is 0 Å². The largest absolute Gasteiger partial charge is 0.398 e. The van der Waals surface area contributed by atoms with E-state index in [0.29, 0.717) is 17.8 Å². The Kier molecular flexibility index (Phi) is 7.93. The second-order valence-electron chi connectivity index (χ2n) is 9.26. The van der Waals surface area contributed by atoms with Crippen LogP contribution in [0.5, 0.6) is 0 Å². The molecule has 0 aliphatic carbocycles.